The van der Waals surface area contributed by atoms with E-state index in [2.05, 4.69) is 26.5 Å². The number of carbonyl (C=O) groups excluding carboxylic acids is 1. The van der Waals surface area contributed by atoms with Gasteiger partial charge in [0.05, 0.1) is 30.3 Å². The Morgan fingerprint density at radius 3 is 2.97 bits per heavy atom. The molecule has 0 bridgehead atoms. The average molecular weight is 482 g/mol. The number of ketones is 1. The van der Waals surface area contributed by atoms with Crippen LogP contribution >= 0.6 is 0 Å². The Morgan fingerprint density at radius 2 is 2.18 bits per heavy atom. The first-order valence-corrected chi connectivity index (χ1v) is 12.1. The maximum absolute atomic E-state index is 13.1. The Kier molecular flexibility index (Phi) is 6.97. The van der Waals surface area contributed by atoms with Gasteiger partial charge in [0.2, 0.25) is 5.78 Å². The summed E-state index contributed by atoms with van der Waals surface area (Å²) in [6.07, 6.45) is 6.70. The van der Waals surface area contributed by atoms with Crippen molar-refractivity contribution in [3.63, 3.8) is 0 Å². The van der Waals surface area contributed by atoms with Crippen molar-refractivity contribution in [2.24, 2.45) is 11.1 Å². The van der Waals surface area contributed by atoms with Gasteiger partial charge in [0.1, 0.15) is 17.8 Å². The Labute approximate surface area is 196 Å². The van der Waals surface area contributed by atoms with Crippen molar-refractivity contribution >= 4 is 21.9 Å². The molecular formula is C22H23N7O4S. The molecule has 1 fully saturated rings. The van der Waals surface area contributed by atoms with Crippen LogP contribution in [0.3, 0.4) is 0 Å². The number of nitriles is 1. The summed E-state index contributed by atoms with van der Waals surface area (Å²) < 4.78 is 28.4. The van der Waals surface area contributed by atoms with Crippen LogP contribution in [0.5, 0.6) is 0 Å². The second-order valence-corrected chi connectivity index (χ2v) is 9.34. The highest BCUT2D eigenvalue weighted by Gasteiger charge is 2.28. The Bertz CT molecular complexity index is 1330. The standard InChI is InChI=1S/C22H23N7O4S/c23-10-15-2-1-3-16(8-15)12-29-7-6-20(28-29)21(30)19-11-25-14-26-22(19)27-18-5-4-17(9-18)13-33-34(24,31)32/h1-3,6-8,11,14,17-18H,4-5,9,12-13H2,(H2,24,31,32)(H,25,26,27)/t17-,18+/m1/s1. The van der Waals surface area contributed by atoms with Gasteiger partial charge in [-0.05, 0) is 48.9 Å². The van der Waals surface area contributed by atoms with Crippen molar-refractivity contribution in [2.75, 3.05) is 11.9 Å². The second-order valence-electron chi connectivity index (χ2n) is 8.12. The van der Waals surface area contributed by atoms with E-state index in [1.165, 1.54) is 12.5 Å². The van der Waals surface area contributed by atoms with Gasteiger partial charge >= 0.3 is 10.3 Å². The van der Waals surface area contributed by atoms with E-state index in [4.69, 9.17) is 14.6 Å². The van der Waals surface area contributed by atoms with Gasteiger partial charge in [-0.25, -0.2) is 15.1 Å². The molecular weight excluding hydrogens is 458 g/mol. The fraction of sp³-hybridized carbons (Fsp3) is 0.318. The number of nitrogens with one attached hydrogen (secondary N) is 1. The molecule has 0 saturated heterocycles. The van der Waals surface area contributed by atoms with E-state index in [-0.39, 0.29) is 30.0 Å². The lowest BCUT2D eigenvalue weighted by Crippen LogP contribution is -2.22. The zero-order chi connectivity index (χ0) is 24.1. The molecule has 0 aliphatic heterocycles. The minimum absolute atomic E-state index is 0.000460. The molecule has 0 amide bonds. The maximum Gasteiger partial charge on any atom is 0.333 e. The lowest BCUT2D eigenvalue weighted by molar-refractivity contribution is 0.103. The number of nitrogens with zero attached hydrogens (tertiary/aromatic N) is 5. The molecule has 176 valence electrons. The Hall–Kier alpha value is -3.66. The lowest BCUT2D eigenvalue weighted by atomic mass is 10.1. The first kappa shape index (κ1) is 23.5. The molecule has 12 heteroatoms. The van der Waals surface area contributed by atoms with Crippen molar-refractivity contribution in [3.8, 4) is 6.07 Å². The molecule has 1 aliphatic rings. The van der Waals surface area contributed by atoms with Crippen molar-refractivity contribution in [1.82, 2.24) is 19.7 Å². The van der Waals surface area contributed by atoms with Crippen LogP contribution in [0.1, 0.15) is 46.4 Å². The van der Waals surface area contributed by atoms with Gasteiger partial charge < -0.3 is 5.32 Å². The quantitative estimate of drug-likeness (QED) is 0.432. The maximum atomic E-state index is 13.1. The molecule has 1 aliphatic carbocycles. The van der Waals surface area contributed by atoms with E-state index >= 15 is 0 Å². The van der Waals surface area contributed by atoms with Crippen molar-refractivity contribution in [1.29, 1.82) is 5.26 Å². The zero-order valence-corrected chi connectivity index (χ0v) is 19.0. The third-order valence-electron chi connectivity index (χ3n) is 5.58. The zero-order valence-electron chi connectivity index (χ0n) is 18.2. The predicted molar refractivity (Wildman–Crippen MR) is 122 cm³/mol. The molecule has 0 spiro atoms. The van der Waals surface area contributed by atoms with Crippen molar-refractivity contribution in [3.05, 3.63) is 71.4 Å². The van der Waals surface area contributed by atoms with Gasteiger partial charge in [-0.1, -0.05) is 12.1 Å². The summed E-state index contributed by atoms with van der Waals surface area (Å²) in [5.41, 5.74) is 2.00. The predicted octanol–water partition coefficient (Wildman–Crippen LogP) is 1.62. The molecule has 2 atom stereocenters. The molecule has 3 N–H and O–H groups in total. The molecule has 4 rings (SSSR count). The minimum Gasteiger partial charge on any atom is -0.367 e. The van der Waals surface area contributed by atoms with Gasteiger partial charge in [0.15, 0.2) is 0 Å². The summed E-state index contributed by atoms with van der Waals surface area (Å²) >= 11 is 0. The first-order valence-electron chi connectivity index (χ1n) is 10.6. The van der Waals surface area contributed by atoms with E-state index in [1.807, 2.05) is 6.07 Å². The lowest BCUT2D eigenvalue weighted by Gasteiger charge is -2.15. The van der Waals surface area contributed by atoms with Crippen LogP contribution in [-0.2, 0) is 21.0 Å². The highest BCUT2D eigenvalue weighted by Crippen LogP contribution is 2.29. The summed E-state index contributed by atoms with van der Waals surface area (Å²) in [4.78, 5) is 21.4. The van der Waals surface area contributed by atoms with Crippen LogP contribution in [0.4, 0.5) is 5.82 Å². The number of aromatic nitrogens is 4. The Morgan fingerprint density at radius 1 is 1.32 bits per heavy atom. The van der Waals surface area contributed by atoms with E-state index < -0.39 is 10.3 Å². The fourth-order valence-corrected chi connectivity index (χ4v) is 4.37. The molecule has 2 heterocycles. The molecule has 0 unspecified atom stereocenters. The average Bonchev–Trinajstić information content (AvgIpc) is 3.47. The number of benzene rings is 1. The SMILES string of the molecule is N#Cc1cccc(Cn2ccc(C(=O)c3cncnc3N[C@H]3CC[C@@H](COS(N)(=O)=O)C3)n2)c1. The number of hydrogen-bond acceptors (Lipinski definition) is 9. The topological polar surface area (TPSA) is 166 Å². The van der Waals surface area contributed by atoms with E-state index in [0.29, 0.717) is 29.9 Å². The van der Waals surface area contributed by atoms with Crippen LogP contribution in [0.2, 0.25) is 0 Å². The van der Waals surface area contributed by atoms with Gasteiger partial charge in [0, 0.05) is 18.4 Å². The third kappa shape index (κ3) is 6.02. The number of hydrogen-bond donors (Lipinski definition) is 2. The number of rotatable bonds is 9. The first-order chi connectivity index (χ1) is 16.3. The smallest absolute Gasteiger partial charge is 0.333 e. The van der Waals surface area contributed by atoms with Gasteiger partial charge in [-0.2, -0.15) is 18.8 Å². The molecule has 0 radical (unpaired) electrons. The number of carbonyl (C=O) groups is 1. The molecule has 1 saturated carbocycles. The summed E-state index contributed by atoms with van der Waals surface area (Å²) in [5.74, 6) is 0.112. The summed E-state index contributed by atoms with van der Waals surface area (Å²) in [5, 5.41) is 21.6. The van der Waals surface area contributed by atoms with Crippen molar-refractivity contribution in [2.45, 2.75) is 31.8 Å². The van der Waals surface area contributed by atoms with Gasteiger partial charge in [-0.3, -0.25) is 13.7 Å². The van der Waals surface area contributed by atoms with Gasteiger partial charge in [0.25, 0.3) is 0 Å². The molecule has 11 nitrogen and oxygen atoms in total. The molecule has 34 heavy (non-hydrogen) atoms. The van der Waals surface area contributed by atoms with Crippen LogP contribution < -0.4 is 10.5 Å². The monoisotopic (exact) mass is 481 g/mol. The van der Waals surface area contributed by atoms with E-state index in [1.54, 1.807) is 35.1 Å². The van der Waals surface area contributed by atoms with Crippen LogP contribution in [0.15, 0.2) is 49.1 Å². The summed E-state index contributed by atoms with van der Waals surface area (Å²) in [6, 6.07) is 10.9. The van der Waals surface area contributed by atoms with Crippen molar-refractivity contribution < 1.29 is 17.4 Å². The molecule has 3 aromatic rings. The number of nitrogens with two attached hydrogens (primary N) is 1. The normalized spacial score (nSPS) is 17.9. The van der Waals surface area contributed by atoms with E-state index in [0.717, 1.165) is 18.4 Å². The molecule has 2 aromatic heterocycles. The highest BCUT2D eigenvalue weighted by molar-refractivity contribution is 7.84. The third-order valence-corrected chi connectivity index (χ3v) is 6.05. The fourth-order valence-electron chi connectivity index (χ4n) is 3.99. The highest BCUT2D eigenvalue weighted by atomic mass is 32.2. The van der Waals surface area contributed by atoms with E-state index in [9.17, 15) is 13.2 Å². The van der Waals surface area contributed by atoms with Crippen LogP contribution in [0.25, 0.3) is 0 Å². The second kappa shape index (κ2) is 10.1. The van der Waals surface area contributed by atoms with Gasteiger partial charge in [-0.15, -0.1) is 0 Å². The minimum atomic E-state index is -3.97. The summed E-state index contributed by atoms with van der Waals surface area (Å²) in [6.45, 7) is 0.449. The number of anilines is 1. The van der Waals surface area contributed by atoms with Crippen LogP contribution in [0, 0.1) is 17.2 Å². The Balaban J connectivity index is 1.43. The largest absolute Gasteiger partial charge is 0.367 e. The van der Waals surface area contributed by atoms with Crippen LogP contribution in [-0.4, -0.2) is 46.6 Å². The molecule has 1 aromatic carbocycles. The summed E-state index contributed by atoms with van der Waals surface area (Å²) in [7, 11) is -3.97.